The van der Waals surface area contributed by atoms with E-state index in [0.29, 0.717) is 6.42 Å². The molecule has 16 heteroatoms. The van der Waals surface area contributed by atoms with Crippen LogP contribution in [0.2, 0.25) is 0 Å². The van der Waals surface area contributed by atoms with Crippen LogP contribution in [0.1, 0.15) is 96.8 Å². The van der Waals surface area contributed by atoms with Crippen molar-refractivity contribution >= 4 is 13.8 Å². The number of phosphoric ester groups is 1. The van der Waals surface area contributed by atoms with Crippen LogP contribution in [0, 0.1) is 0 Å². The Bertz CT molecular complexity index is 862. The lowest BCUT2D eigenvalue weighted by Gasteiger charge is -2.47. The topological polar surface area (TPSA) is 263 Å². The molecule has 2 fully saturated rings. The van der Waals surface area contributed by atoms with Crippen molar-refractivity contribution in [1.29, 1.82) is 0 Å². The number of unbranched alkanes of at least 4 members (excludes halogenated alkanes) is 12. The maximum absolute atomic E-state index is 12.7. The van der Waals surface area contributed by atoms with Gasteiger partial charge in [-0.3, -0.25) is 9.36 Å². The van der Waals surface area contributed by atoms with Crippen LogP contribution in [0.25, 0.3) is 0 Å². The predicted molar refractivity (Wildman–Crippen MR) is 152 cm³/mol. The molecule has 1 heterocycles. The van der Waals surface area contributed by atoms with Gasteiger partial charge in [-0.15, -0.1) is 0 Å². The van der Waals surface area contributed by atoms with E-state index in [0.717, 1.165) is 25.7 Å². The van der Waals surface area contributed by atoms with Gasteiger partial charge in [0.15, 0.2) is 12.1 Å². The summed E-state index contributed by atoms with van der Waals surface area (Å²) in [5, 5.41) is 61.5. The molecule has 2 aliphatic rings. The summed E-state index contributed by atoms with van der Waals surface area (Å²) in [5.74, 6) is -0.838. The maximum atomic E-state index is 12.7. The molecule has 0 radical (unpaired) electrons. The third kappa shape index (κ3) is 12.4. The Morgan fingerprint density at radius 3 is 1.77 bits per heavy atom. The molecule has 10 N–H and O–H groups in total. The van der Waals surface area contributed by atoms with Crippen LogP contribution in [0.3, 0.4) is 0 Å². The minimum Gasteiger partial charge on any atom is -0.756 e. The number of carbonyl (C=O) groups is 1. The molecular formula is C28H54NO14P. The van der Waals surface area contributed by atoms with Crippen LogP contribution in [-0.4, -0.2) is 115 Å². The Morgan fingerprint density at radius 1 is 0.773 bits per heavy atom. The fourth-order valence-corrected chi connectivity index (χ4v) is 6.21. The van der Waals surface area contributed by atoms with E-state index in [9.17, 15) is 49.8 Å². The van der Waals surface area contributed by atoms with Gasteiger partial charge >= 0.3 is 5.97 Å². The Labute approximate surface area is 258 Å². The van der Waals surface area contributed by atoms with Crippen molar-refractivity contribution < 1.29 is 74.3 Å². The molecule has 1 aliphatic carbocycles. The lowest BCUT2D eigenvalue weighted by atomic mass is 9.84. The van der Waals surface area contributed by atoms with Crippen molar-refractivity contribution in [3.63, 3.8) is 0 Å². The number of hydrogen-bond acceptors (Lipinski definition) is 13. The summed E-state index contributed by atoms with van der Waals surface area (Å²) in [5.41, 5.74) is 3.63. The molecule has 0 spiro atoms. The highest BCUT2D eigenvalue weighted by atomic mass is 31.2. The first kappa shape index (κ1) is 39.4. The zero-order chi connectivity index (χ0) is 32.9. The number of hydrogen-bond donors (Lipinski definition) is 8. The summed E-state index contributed by atoms with van der Waals surface area (Å²) in [4.78, 5) is 33.8. The van der Waals surface area contributed by atoms with Crippen LogP contribution in [-0.2, 0) is 28.1 Å². The van der Waals surface area contributed by atoms with Gasteiger partial charge < -0.3 is 64.9 Å². The second-order valence-corrected chi connectivity index (χ2v) is 13.1. The van der Waals surface area contributed by atoms with Gasteiger partial charge in [-0.1, -0.05) is 84.0 Å². The monoisotopic (exact) mass is 659 g/mol. The Morgan fingerprint density at radius 2 is 1.27 bits per heavy atom. The van der Waals surface area contributed by atoms with Crippen molar-refractivity contribution in [2.75, 3.05) is 6.61 Å². The highest BCUT2D eigenvalue weighted by molar-refractivity contribution is 7.44. The van der Waals surface area contributed by atoms with Gasteiger partial charge in [0.2, 0.25) is 6.29 Å². The smallest absolute Gasteiger partial charge is 0.306 e. The molecule has 1 saturated heterocycles. The number of aliphatic hydroxyl groups excluding tert-OH is 6. The molecule has 260 valence electrons. The van der Waals surface area contributed by atoms with Crippen LogP contribution < -0.4 is 10.6 Å². The highest BCUT2D eigenvalue weighted by Crippen LogP contribution is 2.40. The first-order valence-corrected chi connectivity index (χ1v) is 17.4. The van der Waals surface area contributed by atoms with E-state index in [2.05, 4.69) is 17.2 Å². The molecule has 1 unspecified atom stereocenters. The van der Waals surface area contributed by atoms with Crippen LogP contribution >= 0.6 is 7.82 Å². The molecule has 0 aromatic heterocycles. The van der Waals surface area contributed by atoms with Crippen LogP contribution in [0.5, 0.6) is 0 Å². The average molecular weight is 660 g/mol. The van der Waals surface area contributed by atoms with Gasteiger partial charge in [-0.05, 0) is 6.42 Å². The summed E-state index contributed by atoms with van der Waals surface area (Å²) < 4.78 is 32.7. The van der Waals surface area contributed by atoms with Crippen molar-refractivity contribution in [2.24, 2.45) is 0 Å². The zero-order valence-corrected chi connectivity index (χ0v) is 26.5. The van der Waals surface area contributed by atoms with E-state index in [1.165, 1.54) is 51.4 Å². The van der Waals surface area contributed by atoms with E-state index in [1.54, 1.807) is 0 Å². The van der Waals surface area contributed by atoms with E-state index in [4.69, 9.17) is 14.2 Å². The van der Waals surface area contributed by atoms with E-state index >= 15 is 0 Å². The molecule has 1 saturated carbocycles. The van der Waals surface area contributed by atoms with Gasteiger partial charge in [-0.25, -0.2) is 0 Å². The molecule has 0 aromatic carbocycles. The normalized spacial score (nSPS) is 35.7. The summed E-state index contributed by atoms with van der Waals surface area (Å²) in [6, 6.07) is -1.24. The zero-order valence-electron chi connectivity index (χ0n) is 25.6. The number of esters is 1. The summed E-state index contributed by atoms with van der Waals surface area (Å²) in [6.45, 7) is 1.46. The van der Waals surface area contributed by atoms with Gasteiger partial charge in [0.25, 0.3) is 7.82 Å². The second kappa shape index (κ2) is 19.8. The quantitative estimate of drug-likeness (QED) is 0.0432. The molecule has 44 heavy (non-hydrogen) atoms. The van der Waals surface area contributed by atoms with Crippen molar-refractivity contribution in [3.05, 3.63) is 0 Å². The minimum atomic E-state index is -5.60. The van der Waals surface area contributed by atoms with E-state index in [1.807, 2.05) is 0 Å². The number of aliphatic hydroxyl groups is 6. The first-order chi connectivity index (χ1) is 20.8. The Hall–Kier alpha value is -0.780. The Kier molecular flexibility index (Phi) is 17.7. The number of quaternary nitrogens is 1. The number of phosphoric acid groups is 1. The number of ether oxygens (including phenoxy) is 3. The number of carbonyl (C=O) groups excluding carboxylic acids is 1. The second-order valence-electron chi connectivity index (χ2n) is 11.9. The molecule has 0 bridgehead atoms. The third-order valence-corrected chi connectivity index (χ3v) is 8.84. The van der Waals surface area contributed by atoms with Gasteiger partial charge in [0.1, 0.15) is 48.8 Å². The highest BCUT2D eigenvalue weighted by Gasteiger charge is 2.56. The standard InChI is InChI=1S/C28H54NO14P/c1-2-3-4-5-6-7-8-9-10-11-12-13-14-15-18(31)41-25-23(35)22(34)24(36)26(27(25)43-44(37,38)39)42-28-19(29)21(33)20(32)17(16-30)40-28/h17,19-28,30,32-36H,2-16,29H2,1H3,(H2,37,38,39)/t17-,19-,20-,21-,22+,23+,24-,25-,26+,27+,28-/m1/s1. The van der Waals surface area contributed by atoms with Gasteiger partial charge in [0.05, 0.1) is 6.61 Å². The molecule has 15 nitrogen and oxygen atoms in total. The van der Waals surface area contributed by atoms with E-state index < -0.39 is 87.7 Å². The van der Waals surface area contributed by atoms with Crippen molar-refractivity contribution in [1.82, 2.24) is 0 Å². The summed E-state index contributed by atoms with van der Waals surface area (Å²) in [6.07, 6.45) is -3.81. The lowest BCUT2D eigenvalue weighted by Crippen LogP contribution is -2.79. The van der Waals surface area contributed by atoms with Gasteiger partial charge in [0, 0.05) is 6.42 Å². The minimum absolute atomic E-state index is 0.0824. The molecular weight excluding hydrogens is 605 g/mol. The van der Waals surface area contributed by atoms with Crippen molar-refractivity contribution in [3.8, 4) is 0 Å². The molecule has 2 rings (SSSR count). The van der Waals surface area contributed by atoms with Crippen LogP contribution in [0.15, 0.2) is 0 Å². The maximum Gasteiger partial charge on any atom is 0.306 e. The molecule has 0 amide bonds. The molecule has 12 atom stereocenters. The van der Waals surface area contributed by atoms with E-state index in [-0.39, 0.29) is 6.42 Å². The fourth-order valence-electron chi connectivity index (χ4n) is 5.66. The molecule has 0 aromatic rings. The molecule has 1 aliphatic heterocycles. The Balaban J connectivity index is 1.92. The lowest BCUT2D eigenvalue weighted by molar-refractivity contribution is -0.506. The third-order valence-electron chi connectivity index (χ3n) is 8.33. The van der Waals surface area contributed by atoms with Crippen molar-refractivity contribution in [2.45, 2.75) is 164 Å². The fraction of sp³-hybridized carbons (Fsp3) is 0.964. The summed E-state index contributed by atoms with van der Waals surface area (Å²) >= 11 is 0. The largest absolute Gasteiger partial charge is 0.756 e. The first-order valence-electron chi connectivity index (χ1n) is 15.9. The number of rotatable bonds is 20. The van der Waals surface area contributed by atoms with Gasteiger partial charge in [-0.2, -0.15) is 0 Å². The predicted octanol–water partition coefficient (Wildman–Crippen LogP) is -1.24. The average Bonchev–Trinajstić information content (AvgIpc) is 2.97. The SMILES string of the molecule is CCCCCCCCCCCCCCCC(=O)O[C@@H]1[C@@H](O)[C@H](O)[C@@H](O)[C@H](O[C@H]2O[C@H](CO)[C@@H](O)[C@H](O)[C@H]2[NH3+])[C@H]1OP(=O)([O-])O. The van der Waals surface area contributed by atoms with Crippen LogP contribution in [0.4, 0.5) is 0 Å². The summed E-state index contributed by atoms with van der Waals surface area (Å²) in [7, 11) is -5.60.